The number of hydrogen-bond acceptors (Lipinski definition) is 2. The Balaban J connectivity index is 2.37. The number of nitrogens with zero attached hydrogens (tertiary/aromatic N) is 1. The van der Waals surface area contributed by atoms with Crippen LogP contribution in [0.1, 0.15) is 5.56 Å². The standard InChI is InChI=1S/C14H13Cl2NO2S/c1-20(18,19)17(12-5-3-2-4-6-12)10-11-7-8-13(15)14(16)9-11/h2-9H,10H2,1H3. The lowest BCUT2D eigenvalue weighted by molar-refractivity contribution is 0.596. The first-order chi connectivity index (χ1) is 9.38. The Morgan fingerprint density at radius 1 is 1.00 bits per heavy atom. The number of anilines is 1. The molecule has 20 heavy (non-hydrogen) atoms. The highest BCUT2D eigenvalue weighted by Gasteiger charge is 2.17. The normalized spacial score (nSPS) is 11.3. The van der Waals surface area contributed by atoms with Gasteiger partial charge < -0.3 is 0 Å². The van der Waals surface area contributed by atoms with E-state index in [2.05, 4.69) is 0 Å². The van der Waals surface area contributed by atoms with Gasteiger partial charge in [0.25, 0.3) is 0 Å². The first-order valence-electron chi connectivity index (χ1n) is 5.84. The lowest BCUT2D eigenvalue weighted by Gasteiger charge is -2.22. The maximum Gasteiger partial charge on any atom is 0.232 e. The van der Waals surface area contributed by atoms with Crippen molar-refractivity contribution >= 4 is 38.9 Å². The van der Waals surface area contributed by atoms with Crippen LogP contribution in [0, 0.1) is 0 Å². The summed E-state index contributed by atoms with van der Waals surface area (Å²) in [6.07, 6.45) is 1.18. The van der Waals surface area contributed by atoms with Crippen LogP contribution in [-0.2, 0) is 16.6 Å². The lowest BCUT2D eigenvalue weighted by atomic mass is 10.2. The van der Waals surface area contributed by atoms with Gasteiger partial charge in [0.2, 0.25) is 10.0 Å². The summed E-state index contributed by atoms with van der Waals surface area (Å²) in [5.41, 5.74) is 1.38. The molecule has 0 amide bonds. The molecule has 0 saturated carbocycles. The fraction of sp³-hybridized carbons (Fsp3) is 0.143. The van der Waals surface area contributed by atoms with E-state index < -0.39 is 10.0 Å². The van der Waals surface area contributed by atoms with E-state index in [1.54, 1.807) is 42.5 Å². The van der Waals surface area contributed by atoms with E-state index in [4.69, 9.17) is 23.2 Å². The molecule has 0 saturated heterocycles. The van der Waals surface area contributed by atoms with Crippen molar-refractivity contribution in [3.8, 4) is 0 Å². The maximum absolute atomic E-state index is 12.0. The smallest absolute Gasteiger partial charge is 0.232 e. The molecule has 0 aromatic heterocycles. The van der Waals surface area contributed by atoms with Crippen molar-refractivity contribution in [1.29, 1.82) is 0 Å². The highest BCUT2D eigenvalue weighted by Crippen LogP contribution is 2.25. The first-order valence-corrected chi connectivity index (χ1v) is 8.45. The Bertz CT molecular complexity index is 702. The number of sulfonamides is 1. The Labute approximate surface area is 128 Å². The van der Waals surface area contributed by atoms with Crippen LogP contribution in [0.25, 0.3) is 0 Å². The molecule has 0 atom stereocenters. The number of rotatable bonds is 4. The van der Waals surface area contributed by atoms with Crippen molar-refractivity contribution in [2.75, 3.05) is 10.6 Å². The monoisotopic (exact) mass is 329 g/mol. The summed E-state index contributed by atoms with van der Waals surface area (Å²) in [5.74, 6) is 0. The molecule has 2 aromatic carbocycles. The first kappa shape index (κ1) is 15.2. The molecule has 0 spiro atoms. The maximum atomic E-state index is 12.0. The Morgan fingerprint density at radius 3 is 2.20 bits per heavy atom. The van der Waals surface area contributed by atoms with E-state index >= 15 is 0 Å². The lowest BCUT2D eigenvalue weighted by Crippen LogP contribution is -2.29. The number of halogens is 2. The van der Waals surface area contributed by atoms with Gasteiger partial charge >= 0.3 is 0 Å². The minimum Gasteiger partial charge on any atom is -0.266 e. The Morgan fingerprint density at radius 2 is 1.65 bits per heavy atom. The van der Waals surface area contributed by atoms with Gasteiger partial charge in [0.15, 0.2) is 0 Å². The van der Waals surface area contributed by atoms with Crippen molar-refractivity contribution in [2.45, 2.75) is 6.54 Å². The zero-order chi connectivity index (χ0) is 14.8. The fourth-order valence-electron chi connectivity index (χ4n) is 1.80. The molecule has 6 heteroatoms. The zero-order valence-corrected chi connectivity index (χ0v) is 13.1. The van der Waals surface area contributed by atoms with E-state index in [-0.39, 0.29) is 6.54 Å². The molecule has 0 aliphatic rings. The molecule has 2 aromatic rings. The van der Waals surface area contributed by atoms with Crippen molar-refractivity contribution in [3.05, 3.63) is 64.1 Å². The number of benzene rings is 2. The molecule has 106 valence electrons. The van der Waals surface area contributed by atoms with Gasteiger partial charge in [-0.3, -0.25) is 4.31 Å². The largest absolute Gasteiger partial charge is 0.266 e. The third-order valence-corrected chi connectivity index (χ3v) is 4.63. The molecule has 3 nitrogen and oxygen atoms in total. The quantitative estimate of drug-likeness (QED) is 0.851. The Hall–Kier alpha value is -1.23. The van der Waals surface area contributed by atoms with Crippen LogP contribution in [0.15, 0.2) is 48.5 Å². The average Bonchev–Trinajstić information content (AvgIpc) is 2.39. The van der Waals surface area contributed by atoms with Crippen molar-refractivity contribution in [2.24, 2.45) is 0 Å². The molecule has 0 unspecified atom stereocenters. The van der Waals surface area contributed by atoms with E-state index in [0.717, 1.165) is 5.56 Å². The fourth-order valence-corrected chi connectivity index (χ4v) is 3.01. The summed E-state index contributed by atoms with van der Waals surface area (Å²) in [6.45, 7) is 0.208. The molecular weight excluding hydrogens is 317 g/mol. The van der Waals surface area contributed by atoms with Crippen LogP contribution >= 0.6 is 23.2 Å². The van der Waals surface area contributed by atoms with Crippen LogP contribution in [0.4, 0.5) is 5.69 Å². The minimum atomic E-state index is -3.38. The molecule has 0 bridgehead atoms. The molecule has 0 heterocycles. The second-order valence-corrected chi connectivity index (χ2v) is 7.07. The van der Waals surface area contributed by atoms with Crippen molar-refractivity contribution in [1.82, 2.24) is 0 Å². The summed E-state index contributed by atoms with van der Waals surface area (Å²) < 4.78 is 25.2. The van der Waals surface area contributed by atoms with Gasteiger partial charge in [0.1, 0.15) is 0 Å². The van der Waals surface area contributed by atoms with E-state index in [1.165, 1.54) is 10.6 Å². The van der Waals surface area contributed by atoms with Crippen LogP contribution in [0.3, 0.4) is 0 Å². The van der Waals surface area contributed by atoms with E-state index in [0.29, 0.717) is 15.7 Å². The van der Waals surface area contributed by atoms with Crippen LogP contribution < -0.4 is 4.31 Å². The molecule has 0 N–H and O–H groups in total. The van der Waals surface area contributed by atoms with Crippen molar-refractivity contribution in [3.63, 3.8) is 0 Å². The minimum absolute atomic E-state index is 0.208. The van der Waals surface area contributed by atoms with Gasteiger partial charge in [-0.25, -0.2) is 8.42 Å². The molecule has 0 aliphatic heterocycles. The second-order valence-electron chi connectivity index (χ2n) is 4.35. The third-order valence-electron chi connectivity index (χ3n) is 2.75. The topological polar surface area (TPSA) is 37.4 Å². The van der Waals surface area contributed by atoms with Crippen LogP contribution in [0.5, 0.6) is 0 Å². The summed E-state index contributed by atoms with van der Waals surface area (Å²) in [7, 11) is -3.38. The van der Waals surface area contributed by atoms with Gasteiger partial charge in [-0.05, 0) is 29.8 Å². The summed E-state index contributed by atoms with van der Waals surface area (Å²) >= 11 is 11.8. The average molecular weight is 330 g/mol. The van der Waals surface area contributed by atoms with Crippen molar-refractivity contribution < 1.29 is 8.42 Å². The van der Waals surface area contributed by atoms with Gasteiger partial charge in [0.05, 0.1) is 28.5 Å². The van der Waals surface area contributed by atoms with Gasteiger partial charge in [0, 0.05) is 0 Å². The van der Waals surface area contributed by atoms with Crippen LogP contribution in [-0.4, -0.2) is 14.7 Å². The molecule has 0 aliphatic carbocycles. The number of hydrogen-bond donors (Lipinski definition) is 0. The summed E-state index contributed by atoms with van der Waals surface area (Å²) in [6, 6.07) is 14.0. The molecule has 0 radical (unpaired) electrons. The Kier molecular flexibility index (Phi) is 4.58. The zero-order valence-electron chi connectivity index (χ0n) is 10.8. The summed E-state index contributed by atoms with van der Waals surface area (Å²) in [4.78, 5) is 0. The number of para-hydroxylation sites is 1. The van der Waals surface area contributed by atoms with Gasteiger partial charge in [-0.2, -0.15) is 0 Å². The van der Waals surface area contributed by atoms with Gasteiger partial charge in [-0.15, -0.1) is 0 Å². The summed E-state index contributed by atoms with van der Waals surface area (Å²) in [5, 5.41) is 0.853. The highest BCUT2D eigenvalue weighted by molar-refractivity contribution is 7.92. The molecule has 0 fully saturated rings. The predicted molar refractivity (Wildman–Crippen MR) is 83.9 cm³/mol. The van der Waals surface area contributed by atoms with Gasteiger partial charge in [-0.1, -0.05) is 47.5 Å². The molecular formula is C14H13Cl2NO2S. The van der Waals surface area contributed by atoms with Crippen LogP contribution in [0.2, 0.25) is 10.0 Å². The molecule has 2 rings (SSSR count). The van der Waals surface area contributed by atoms with E-state index in [9.17, 15) is 8.42 Å². The predicted octanol–water partition coefficient (Wildman–Crippen LogP) is 3.96. The highest BCUT2D eigenvalue weighted by atomic mass is 35.5. The third kappa shape index (κ3) is 3.66. The van der Waals surface area contributed by atoms with E-state index in [1.807, 2.05) is 6.07 Å². The SMILES string of the molecule is CS(=O)(=O)N(Cc1ccc(Cl)c(Cl)c1)c1ccccc1. The second kappa shape index (κ2) is 6.04.